The number of H-pyrrole nitrogens is 1. The van der Waals surface area contributed by atoms with E-state index in [9.17, 15) is 4.79 Å². The fraction of sp³-hybridized carbons (Fsp3) is 0.250. The van der Waals surface area contributed by atoms with Gasteiger partial charge in [0.1, 0.15) is 0 Å². The first-order valence-corrected chi connectivity index (χ1v) is 7.24. The first kappa shape index (κ1) is 15.3. The zero-order valence-electron chi connectivity index (χ0n) is 11.9. The summed E-state index contributed by atoms with van der Waals surface area (Å²) in [6.07, 6.45) is 6.83. The van der Waals surface area contributed by atoms with E-state index in [1.165, 1.54) is 11.6 Å². The van der Waals surface area contributed by atoms with Crippen LogP contribution in [0, 0.1) is 6.92 Å². The molecule has 0 spiro atoms. The van der Waals surface area contributed by atoms with Gasteiger partial charge in [-0.15, -0.1) is 0 Å². The predicted molar refractivity (Wildman–Crippen MR) is 85.1 cm³/mol. The predicted octanol–water partition coefficient (Wildman–Crippen LogP) is 3.13. The highest BCUT2D eigenvalue weighted by Crippen LogP contribution is 2.15. The van der Waals surface area contributed by atoms with Crippen molar-refractivity contribution in [3.63, 3.8) is 0 Å². The molecule has 2 aromatic rings. The van der Waals surface area contributed by atoms with Gasteiger partial charge >= 0.3 is 0 Å². The number of hydrogen-bond acceptors (Lipinski definition) is 2. The van der Waals surface area contributed by atoms with Gasteiger partial charge < -0.3 is 5.32 Å². The van der Waals surface area contributed by atoms with Gasteiger partial charge in [-0.25, -0.2) is 0 Å². The molecule has 0 radical (unpaired) electrons. The van der Waals surface area contributed by atoms with Gasteiger partial charge in [-0.1, -0.05) is 29.8 Å². The molecule has 0 aliphatic rings. The molecule has 0 aliphatic heterocycles. The summed E-state index contributed by atoms with van der Waals surface area (Å²) in [6.45, 7) is 2.63. The molecule has 110 valence electrons. The van der Waals surface area contributed by atoms with Crippen LogP contribution in [0.5, 0.6) is 0 Å². The van der Waals surface area contributed by atoms with E-state index in [0.717, 1.165) is 24.1 Å². The number of halogens is 1. The molecule has 0 atom stereocenters. The summed E-state index contributed by atoms with van der Waals surface area (Å²) in [5.41, 5.74) is 3.11. The maximum absolute atomic E-state index is 11.7. The number of aromatic amines is 1. The molecule has 1 amide bonds. The van der Waals surface area contributed by atoms with Gasteiger partial charge in [0, 0.05) is 23.3 Å². The van der Waals surface area contributed by atoms with Crippen molar-refractivity contribution in [1.29, 1.82) is 0 Å². The summed E-state index contributed by atoms with van der Waals surface area (Å²) in [7, 11) is 0. The first-order valence-electron chi connectivity index (χ1n) is 6.86. The smallest absolute Gasteiger partial charge is 0.244 e. The topological polar surface area (TPSA) is 57.8 Å². The monoisotopic (exact) mass is 303 g/mol. The van der Waals surface area contributed by atoms with Crippen LogP contribution in [0.3, 0.4) is 0 Å². The molecular formula is C16H18ClN3O. The van der Waals surface area contributed by atoms with Crippen LogP contribution in [0.1, 0.15) is 23.2 Å². The molecule has 5 heteroatoms. The Morgan fingerprint density at radius 3 is 2.95 bits per heavy atom. The van der Waals surface area contributed by atoms with Gasteiger partial charge in [-0.05, 0) is 43.0 Å². The minimum absolute atomic E-state index is 0.112. The highest BCUT2D eigenvalue weighted by atomic mass is 35.5. The maximum atomic E-state index is 11.7. The molecule has 1 aromatic heterocycles. The minimum atomic E-state index is -0.112. The number of carbonyl (C=O) groups is 1. The summed E-state index contributed by atoms with van der Waals surface area (Å²) >= 11 is 6.01. The van der Waals surface area contributed by atoms with Gasteiger partial charge in [-0.3, -0.25) is 9.89 Å². The third-order valence-electron chi connectivity index (χ3n) is 3.18. The van der Waals surface area contributed by atoms with Crippen molar-refractivity contribution in [2.45, 2.75) is 19.8 Å². The SMILES string of the molecule is Cc1[nH]ncc1CCCNC(=O)C=Cc1ccccc1Cl. The molecule has 2 N–H and O–H groups in total. The summed E-state index contributed by atoms with van der Waals surface area (Å²) in [4.78, 5) is 11.7. The van der Waals surface area contributed by atoms with Crippen LogP contribution in [0.25, 0.3) is 6.08 Å². The molecule has 4 nitrogen and oxygen atoms in total. The summed E-state index contributed by atoms with van der Waals surface area (Å²) in [5, 5.41) is 10.4. The van der Waals surface area contributed by atoms with Crippen molar-refractivity contribution in [1.82, 2.24) is 15.5 Å². The maximum Gasteiger partial charge on any atom is 0.244 e. The van der Waals surface area contributed by atoms with Gasteiger partial charge in [0.05, 0.1) is 6.20 Å². The Hall–Kier alpha value is -2.07. The Kier molecular flexibility index (Phi) is 5.58. The van der Waals surface area contributed by atoms with Crippen LogP contribution in [0.15, 0.2) is 36.5 Å². The number of rotatable bonds is 6. The van der Waals surface area contributed by atoms with Crippen LogP contribution < -0.4 is 5.32 Å². The third kappa shape index (κ3) is 4.76. The summed E-state index contributed by atoms with van der Waals surface area (Å²) in [6, 6.07) is 7.41. The lowest BCUT2D eigenvalue weighted by Crippen LogP contribution is -2.22. The van der Waals surface area contributed by atoms with Gasteiger partial charge in [-0.2, -0.15) is 5.10 Å². The van der Waals surface area contributed by atoms with E-state index in [0.29, 0.717) is 11.6 Å². The van der Waals surface area contributed by atoms with Gasteiger partial charge in [0.15, 0.2) is 0 Å². The number of nitrogens with one attached hydrogen (secondary N) is 2. The number of nitrogens with zero attached hydrogens (tertiary/aromatic N) is 1. The second-order valence-corrected chi connectivity index (χ2v) is 5.18. The van der Waals surface area contributed by atoms with E-state index in [1.807, 2.05) is 31.3 Å². The minimum Gasteiger partial charge on any atom is -0.353 e. The van der Waals surface area contributed by atoms with Crippen LogP contribution in [0.2, 0.25) is 5.02 Å². The molecule has 0 fully saturated rings. The molecule has 1 heterocycles. The summed E-state index contributed by atoms with van der Waals surface area (Å²) < 4.78 is 0. The second kappa shape index (κ2) is 7.64. The van der Waals surface area contributed by atoms with E-state index in [1.54, 1.807) is 12.1 Å². The van der Waals surface area contributed by atoms with Gasteiger partial charge in [0.2, 0.25) is 5.91 Å². The molecule has 0 saturated carbocycles. The highest BCUT2D eigenvalue weighted by molar-refractivity contribution is 6.32. The molecular weight excluding hydrogens is 286 g/mol. The Morgan fingerprint density at radius 1 is 1.43 bits per heavy atom. The summed E-state index contributed by atoms with van der Waals surface area (Å²) in [5.74, 6) is -0.112. The average molecular weight is 304 g/mol. The van der Waals surface area contributed by atoms with Crippen LogP contribution in [-0.4, -0.2) is 22.6 Å². The molecule has 1 aromatic carbocycles. The Morgan fingerprint density at radius 2 is 2.24 bits per heavy atom. The van der Waals surface area contributed by atoms with Crippen molar-refractivity contribution in [2.24, 2.45) is 0 Å². The fourth-order valence-corrected chi connectivity index (χ4v) is 2.15. The Balaban J connectivity index is 1.73. The number of aromatic nitrogens is 2. The number of aryl methyl sites for hydroxylation is 2. The number of carbonyl (C=O) groups excluding carboxylic acids is 1. The average Bonchev–Trinajstić information content (AvgIpc) is 2.88. The molecule has 0 aliphatic carbocycles. The van der Waals surface area contributed by atoms with Crippen LogP contribution in [0.4, 0.5) is 0 Å². The van der Waals surface area contributed by atoms with E-state index in [4.69, 9.17) is 11.6 Å². The quantitative estimate of drug-likeness (QED) is 0.636. The van der Waals surface area contributed by atoms with Gasteiger partial charge in [0.25, 0.3) is 0 Å². The molecule has 21 heavy (non-hydrogen) atoms. The number of hydrogen-bond donors (Lipinski definition) is 2. The second-order valence-electron chi connectivity index (χ2n) is 4.77. The van der Waals surface area contributed by atoms with Crippen molar-refractivity contribution in [2.75, 3.05) is 6.54 Å². The zero-order chi connectivity index (χ0) is 15.1. The van der Waals surface area contributed by atoms with E-state index >= 15 is 0 Å². The molecule has 0 unspecified atom stereocenters. The van der Waals surface area contributed by atoms with Crippen molar-refractivity contribution >= 4 is 23.6 Å². The van der Waals surface area contributed by atoms with E-state index < -0.39 is 0 Å². The van der Waals surface area contributed by atoms with E-state index in [2.05, 4.69) is 15.5 Å². The normalized spacial score (nSPS) is 11.0. The van der Waals surface area contributed by atoms with Crippen LogP contribution >= 0.6 is 11.6 Å². The third-order valence-corrected chi connectivity index (χ3v) is 3.52. The number of benzene rings is 1. The molecule has 2 rings (SSSR count). The van der Waals surface area contributed by atoms with Crippen LogP contribution in [-0.2, 0) is 11.2 Å². The van der Waals surface area contributed by atoms with Crippen molar-refractivity contribution < 1.29 is 4.79 Å². The lowest BCUT2D eigenvalue weighted by Gasteiger charge is -2.02. The molecule has 0 saturated heterocycles. The fourth-order valence-electron chi connectivity index (χ4n) is 1.95. The van der Waals surface area contributed by atoms with Crippen molar-refractivity contribution in [3.8, 4) is 0 Å². The standard InChI is InChI=1S/C16H18ClN3O/c1-12-14(11-19-20-12)6-4-10-18-16(21)9-8-13-5-2-3-7-15(13)17/h2-3,5,7-9,11H,4,6,10H2,1H3,(H,18,21)(H,19,20). The molecule has 0 bridgehead atoms. The van der Waals surface area contributed by atoms with E-state index in [-0.39, 0.29) is 5.91 Å². The first-order chi connectivity index (χ1) is 10.2. The zero-order valence-corrected chi connectivity index (χ0v) is 12.7. The Bertz CT molecular complexity index is 634. The highest BCUT2D eigenvalue weighted by Gasteiger charge is 2.01. The largest absolute Gasteiger partial charge is 0.353 e. The lowest BCUT2D eigenvalue weighted by molar-refractivity contribution is -0.116. The lowest BCUT2D eigenvalue weighted by atomic mass is 10.1. The number of amides is 1. The van der Waals surface area contributed by atoms with Crippen molar-refractivity contribution in [3.05, 3.63) is 58.4 Å². The Labute approximate surface area is 129 Å².